The number of hydrogen-bond donors (Lipinski definition) is 2. The van der Waals surface area contributed by atoms with Crippen molar-refractivity contribution < 1.29 is 4.74 Å². The summed E-state index contributed by atoms with van der Waals surface area (Å²) in [5, 5.41) is 3.48. The van der Waals surface area contributed by atoms with Gasteiger partial charge in [0.1, 0.15) is 0 Å². The smallest absolute Gasteiger partial charge is 0.0931 e. The van der Waals surface area contributed by atoms with Crippen molar-refractivity contribution in [1.29, 1.82) is 0 Å². The van der Waals surface area contributed by atoms with Gasteiger partial charge in [0, 0.05) is 31.9 Å². The molecule has 0 spiro atoms. The topological polar surface area (TPSA) is 53.2 Å². The normalized spacial score (nSPS) is 19.7. The van der Waals surface area contributed by atoms with E-state index < -0.39 is 0 Å². The Labute approximate surface area is 113 Å². The second kappa shape index (κ2) is 5.59. The maximum Gasteiger partial charge on any atom is 0.0931 e. The van der Waals surface area contributed by atoms with Gasteiger partial charge in [-0.15, -0.1) is 0 Å². The summed E-state index contributed by atoms with van der Waals surface area (Å²) in [6.45, 7) is 3.64. The number of nitrogens with one attached hydrogen (secondary N) is 2. The molecule has 2 aromatic rings. The van der Waals surface area contributed by atoms with Crippen LogP contribution in [0.1, 0.15) is 6.42 Å². The Morgan fingerprint density at radius 3 is 3.26 bits per heavy atom. The molecule has 3 rings (SSSR count). The van der Waals surface area contributed by atoms with Crippen molar-refractivity contribution in [1.82, 2.24) is 15.3 Å². The first-order chi connectivity index (χ1) is 9.33. The summed E-state index contributed by atoms with van der Waals surface area (Å²) in [6, 6.07) is 6.80. The van der Waals surface area contributed by atoms with Gasteiger partial charge < -0.3 is 19.9 Å². The molecule has 0 saturated carbocycles. The zero-order valence-electron chi connectivity index (χ0n) is 11.2. The van der Waals surface area contributed by atoms with Crippen LogP contribution in [0.15, 0.2) is 24.5 Å². The summed E-state index contributed by atoms with van der Waals surface area (Å²) in [6.07, 6.45) is 2.83. The standard InChI is InChI=1S/C14H20N4O/c1-18(6-4-11-9-19-7-5-15-11)12-2-3-13-14(8-12)17-10-16-13/h2-3,8,10-11,15H,4-7,9H2,1H3,(H,16,17). The highest BCUT2D eigenvalue weighted by atomic mass is 16.5. The molecule has 0 amide bonds. The van der Waals surface area contributed by atoms with Crippen molar-refractivity contribution in [3.8, 4) is 0 Å². The van der Waals surface area contributed by atoms with E-state index in [0.717, 1.165) is 43.8 Å². The van der Waals surface area contributed by atoms with Gasteiger partial charge in [-0.25, -0.2) is 4.98 Å². The second-order valence-electron chi connectivity index (χ2n) is 5.04. The Bertz CT molecular complexity index is 533. The molecular formula is C14H20N4O. The average molecular weight is 260 g/mol. The molecule has 0 aliphatic carbocycles. The zero-order chi connectivity index (χ0) is 13.1. The van der Waals surface area contributed by atoms with Gasteiger partial charge in [0.05, 0.1) is 30.6 Å². The molecule has 19 heavy (non-hydrogen) atoms. The molecule has 102 valence electrons. The third-order valence-electron chi connectivity index (χ3n) is 3.66. The number of nitrogens with zero attached hydrogens (tertiary/aromatic N) is 2. The SMILES string of the molecule is CN(CCC1COCCN1)c1ccc2nc[nH]c2c1. The van der Waals surface area contributed by atoms with E-state index in [0.29, 0.717) is 6.04 Å². The molecule has 5 nitrogen and oxygen atoms in total. The van der Waals surface area contributed by atoms with Crippen LogP contribution in [0.5, 0.6) is 0 Å². The fourth-order valence-electron chi connectivity index (χ4n) is 2.44. The van der Waals surface area contributed by atoms with Gasteiger partial charge in [-0.3, -0.25) is 0 Å². The van der Waals surface area contributed by atoms with Crippen LogP contribution in [0.25, 0.3) is 11.0 Å². The lowest BCUT2D eigenvalue weighted by molar-refractivity contribution is 0.0749. The maximum atomic E-state index is 5.47. The minimum Gasteiger partial charge on any atom is -0.379 e. The fraction of sp³-hybridized carbons (Fsp3) is 0.500. The number of aromatic nitrogens is 2. The van der Waals surface area contributed by atoms with Crippen LogP contribution in [-0.2, 0) is 4.74 Å². The van der Waals surface area contributed by atoms with Crippen molar-refractivity contribution >= 4 is 16.7 Å². The van der Waals surface area contributed by atoms with Crippen LogP contribution >= 0.6 is 0 Å². The molecule has 1 aliphatic rings. The van der Waals surface area contributed by atoms with E-state index in [1.807, 2.05) is 0 Å². The van der Waals surface area contributed by atoms with Gasteiger partial charge in [-0.1, -0.05) is 0 Å². The number of ether oxygens (including phenoxy) is 1. The largest absolute Gasteiger partial charge is 0.379 e. The number of H-pyrrole nitrogens is 1. The van der Waals surface area contributed by atoms with Gasteiger partial charge in [0.15, 0.2) is 0 Å². The molecular weight excluding hydrogens is 240 g/mol. The third-order valence-corrected chi connectivity index (χ3v) is 3.66. The van der Waals surface area contributed by atoms with E-state index in [1.54, 1.807) is 6.33 Å². The lowest BCUT2D eigenvalue weighted by Crippen LogP contribution is -2.42. The van der Waals surface area contributed by atoms with Crippen LogP contribution in [0.3, 0.4) is 0 Å². The predicted molar refractivity (Wildman–Crippen MR) is 76.6 cm³/mol. The molecule has 1 aliphatic heterocycles. The summed E-state index contributed by atoms with van der Waals surface area (Å²) < 4.78 is 5.47. The molecule has 1 atom stereocenters. The van der Waals surface area contributed by atoms with E-state index in [2.05, 4.69) is 45.4 Å². The third kappa shape index (κ3) is 2.88. The molecule has 0 bridgehead atoms. The van der Waals surface area contributed by atoms with E-state index in [-0.39, 0.29) is 0 Å². The fourth-order valence-corrected chi connectivity index (χ4v) is 2.44. The van der Waals surface area contributed by atoms with Crippen LogP contribution in [-0.4, -0.2) is 49.4 Å². The quantitative estimate of drug-likeness (QED) is 0.872. The van der Waals surface area contributed by atoms with E-state index >= 15 is 0 Å². The number of hydrogen-bond acceptors (Lipinski definition) is 4. The zero-order valence-corrected chi connectivity index (χ0v) is 11.2. The second-order valence-corrected chi connectivity index (χ2v) is 5.04. The van der Waals surface area contributed by atoms with E-state index in [4.69, 9.17) is 4.74 Å². The summed E-state index contributed by atoms with van der Waals surface area (Å²) in [4.78, 5) is 9.66. The van der Waals surface area contributed by atoms with Gasteiger partial charge in [-0.05, 0) is 24.6 Å². The van der Waals surface area contributed by atoms with Crippen molar-refractivity contribution in [2.45, 2.75) is 12.5 Å². The van der Waals surface area contributed by atoms with Crippen molar-refractivity contribution in [2.75, 3.05) is 38.3 Å². The molecule has 5 heteroatoms. The van der Waals surface area contributed by atoms with Crippen molar-refractivity contribution in [3.63, 3.8) is 0 Å². The van der Waals surface area contributed by atoms with Crippen LogP contribution in [0.4, 0.5) is 5.69 Å². The Kier molecular flexibility index (Phi) is 3.66. The lowest BCUT2D eigenvalue weighted by Gasteiger charge is -2.27. The molecule has 1 fully saturated rings. The van der Waals surface area contributed by atoms with Gasteiger partial charge >= 0.3 is 0 Å². The van der Waals surface area contributed by atoms with Crippen LogP contribution in [0.2, 0.25) is 0 Å². The highest BCUT2D eigenvalue weighted by molar-refractivity contribution is 5.78. The first kappa shape index (κ1) is 12.4. The molecule has 1 aromatic carbocycles. The predicted octanol–water partition coefficient (Wildman–Crippen LogP) is 1.38. The molecule has 1 saturated heterocycles. The Morgan fingerprint density at radius 1 is 1.47 bits per heavy atom. The summed E-state index contributed by atoms with van der Waals surface area (Å²) in [7, 11) is 2.13. The number of anilines is 1. The van der Waals surface area contributed by atoms with Gasteiger partial charge in [0.25, 0.3) is 0 Å². The van der Waals surface area contributed by atoms with Crippen LogP contribution in [0, 0.1) is 0 Å². The van der Waals surface area contributed by atoms with Gasteiger partial charge in [0.2, 0.25) is 0 Å². The average Bonchev–Trinajstić information content (AvgIpc) is 2.93. The van der Waals surface area contributed by atoms with Gasteiger partial charge in [-0.2, -0.15) is 0 Å². The minimum atomic E-state index is 0.479. The number of aromatic amines is 1. The summed E-state index contributed by atoms with van der Waals surface area (Å²) in [5.41, 5.74) is 3.32. The first-order valence-electron chi connectivity index (χ1n) is 6.78. The molecule has 2 N–H and O–H groups in total. The maximum absolute atomic E-state index is 5.47. The number of morpholine rings is 1. The van der Waals surface area contributed by atoms with E-state index in [1.165, 1.54) is 5.69 Å². The monoisotopic (exact) mass is 260 g/mol. The van der Waals surface area contributed by atoms with Crippen molar-refractivity contribution in [3.05, 3.63) is 24.5 Å². The molecule has 1 aromatic heterocycles. The highest BCUT2D eigenvalue weighted by Gasteiger charge is 2.13. The number of imidazole rings is 1. The Balaban J connectivity index is 1.60. The highest BCUT2D eigenvalue weighted by Crippen LogP contribution is 2.19. The first-order valence-corrected chi connectivity index (χ1v) is 6.78. The number of rotatable bonds is 4. The van der Waals surface area contributed by atoms with Crippen molar-refractivity contribution in [2.24, 2.45) is 0 Å². The minimum absolute atomic E-state index is 0.479. The Hall–Kier alpha value is -1.59. The van der Waals surface area contributed by atoms with E-state index in [9.17, 15) is 0 Å². The molecule has 2 heterocycles. The number of benzene rings is 1. The molecule has 0 radical (unpaired) electrons. The summed E-state index contributed by atoms with van der Waals surface area (Å²) in [5.74, 6) is 0. The molecule has 1 unspecified atom stereocenters. The van der Waals surface area contributed by atoms with Crippen LogP contribution < -0.4 is 10.2 Å². The Morgan fingerprint density at radius 2 is 2.42 bits per heavy atom. The summed E-state index contributed by atoms with van der Waals surface area (Å²) >= 11 is 0. The lowest BCUT2D eigenvalue weighted by atomic mass is 10.2. The number of fused-ring (bicyclic) bond motifs is 1.